The molecule has 0 saturated heterocycles. The summed E-state index contributed by atoms with van der Waals surface area (Å²) in [6, 6.07) is 1.54. The standard InChI is InChI=1S/C8H11ClN2O2S3/c1-5-3-7(15-8(5)9)16(12,13)11(2)4-6(10)14/h3H,4H2,1-2H3,(H2,10,14). The molecule has 1 heterocycles. The maximum atomic E-state index is 12.0. The van der Waals surface area contributed by atoms with Crippen molar-refractivity contribution in [3.05, 3.63) is 16.0 Å². The Hall–Kier alpha value is -0.210. The van der Waals surface area contributed by atoms with Crippen molar-refractivity contribution in [2.24, 2.45) is 5.73 Å². The Labute approximate surface area is 109 Å². The van der Waals surface area contributed by atoms with Gasteiger partial charge in [0.05, 0.1) is 15.9 Å². The molecule has 4 nitrogen and oxygen atoms in total. The van der Waals surface area contributed by atoms with Crippen LogP contribution in [0.3, 0.4) is 0 Å². The molecule has 0 aliphatic carbocycles. The van der Waals surface area contributed by atoms with E-state index in [-0.39, 0.29) is 15.7 Å². The highest BCUT2D eigenvalue weighted by molar-refractivity contribution is 7.91. The van der Waals surface area contributed by atoms with Crippen LogP contribution in [-0.4, -0.2) is 31.3 Å². The van der Waals surface area contributed by atoms with Gasteiger partial charge in [-0.05, 0) is 18.6 Å². The third-order valence-corrected chi connectivity index (χ3v) is 5.81. The van der Waals surface area contributed by atoms with Gasteiger partial charge in [-0.15, -0.1) is 11.3 Å². The minimum atomic E-state index is -3.54. The van der Waals surface area contributed by atoms with Crippen molar-refractivity contribution in [2.75, 3.05) is 13.6 Å². The van der Waals surface area contributed by atoms with E-state index >= 15 is 0 Å². The number of hydrogen-bond acceptors (Lipinski definition) is 4. The molecule has 0 spiro atoms. The van der Waals surface area contributed by atoms with E-state index in [2.05, 4.69) is 12.2 Å². The summed E-state index contributed by atoms with van der Waals surface area (Å²) in [4.78, 5) is 0.130. The molecule has 16 heavy (non-hydrogen) atoms. The lowest BCUT2D eigenvalue weighted by molar-refractivity contribution is 0.508. The Morgan fingerprint density at radius 1 is 1.69 bits per heavy atom. The summed E-state index contributed by atoms with van der Waals surface area (Å²) in [5.41, 5.74) is 6.05. The second kappa shape index (κ2) is 4.97. The predicted molar refractivity (Wildman–Crippen MR) is 70.7 cm³/mol. The molecule has 1 aromatic heterocycles. The molecule has 0 radical (unpaired) electrons. The average molecular weight is 299 g/mol. The largest absolute Gasteiger partial charge is 0.392 e. The van der Waals surface area contributed by atoms with Gasteiger partial charge in [0.2, 0.25) is 0 Å². The summed E-state index contributed by atoms with van der Waals surface area (Å²) in [7, 11) is -2.11. The molecule has 1 rings (SSSR count). The van der Waals surface area contributed by atoms with Crippen LogP contribution in [0.1, 0.15) is 5.56 Å². The highest BCUT2D eigenvalue weighted by Gasteiger charge is 2.24. The van der Waals surface area contributed by atoms with E-state index in [0.717, 1.165) is 21.2 Å². The molecule has 2 N–H and O–H groups in total. The lowest BCUT2D eigenvalue weighted by atomic mass is 10.4. The number of likely N-dealkylation sites (N-methyl/N-ethyl adjacent to an activating group) is 1. The van der Waals surface area contributed by atoms with Crippen molar-refractivity contribution < 1.29 is 8.42 Å². The quantitative estimate of drug-likeness (QED) is 0.858. The van der Waals surface area contributed by atoms with Gasteiger partial charge in [0.15, 0.2) is 0 Å². The van der Waals surface area contributed by atoms with Gasteiger partial charge >= 0.3 is 0 Å². The molecule has 0 atom stereocenters. The van der Waals surface area contributed by atoms with E-state index in [0.29, 0.717) is 4.34 Å². The number of hydrogen-bond donors (Lipinski definition) is 1. The summed E-state index contributed by atoms with van der Waals surface area (Å²) in [6.45, 7) is 1.78. The first-order valence-electron chi connectivity index (χ1n) is 4.25. The molecule has 0 aromatic carbocycles. The fourth-order valence-electron chi connectivity index (χ4n) is 1.02. The van der Waals surface area contributed by atoms with E-state index in [1.165, 1.54) is 7.05 Å². The zero-order valence-electron chi connectivity index (χ0n) is 8.73. The van der Waals surface area contributed by atoms with Crippen LogP contribution in [-0.2, 0) is 10.0 Å². The fraction of sp³-hybridized carbons (Fsp3) is 0.375. The lowest BCUT2D eigenvalue weighted by Gasteiger charge is -2.14. The Bertz CT molecular complexity index is 490. The number of rotatable bonds is 4. The predicted octanol–water partition coefficient (Wildman–Crippen LogP) is 1.62. The highest BCUT2D eigenvalue weighted by Crippen LogP contribution is 2.31. The van der Waals surface area contributed by atoms with Crippen LogP contribution in [0.4, 0.5) is 0 Å². The van der Waals surface area contributed by atoms with E-state index in [1.807, 2.05) is 0 Å². The van der Waals surface area contributed by atoms with Gasteiger partial charge in [-0.1, -0.05) is 23.8 Å². The van der Waals surface area contributed by atoms with Gasteiger partial charge in [0, 0.05) is 7.05 Å². The van der Waals surface area contributed by atoms with Crippen LogP contribution in [0.25, 0.3) is 0 Å². The van der Waals surface area contributed by atoms with Crippen molar-refractivity contribution in [3.8, 4) is 0 Å². The van der Waals surface area contributed by atoms with E-state index in [4.69, 9.17) is 17.3 Å². The Morgan fingerprint density at radius 2 is 2.25 bits per heavy atom. The zero-order valence-corrected chi connectivity index (χ0v) is 11.9. The average Bonchev–Trinajstić information content (AvgIpc) is 2.46. The molecular weight excluding hydrogens is 288 g/mol. The van der Waals surface area contributed by atoms with Crippen LogP contribution < -0.4 is 5.73 Å². The smallest absolute Gasteiger partial charge is 0.252 e. The van der Waals surface area contributed by atoms with Crippen LogP contribution in [0.5, 0.6) is 0 Å². The molecule has 0 bridgehead atoms. The molecule has 0 fully saturated rings. The SMILES string of the molecule is Cc1cc(S(=O)(=O)N(C)CC(N)=S)sc1Cl. The molecule has 90 valence electrons. The Kier molecular flexibility index (Phi) is 4.30. The fourth-order valence-corrected chi connectivity index (χ4v) is 4.36. The number of sulfonamides is 1. The number of nitrogens with two attached hydrogens (primary N) is 1. The summed E-state index contributed by atoms with van der Waals surface area (Å²) in [6.07, 6.45) is 0. The molecule has 0 unspecified atom stereocenters. The van der Waals surface area contributed by atoms with Gasteiger partial charge in [-0.2, -0.15) is 4.31 Å². The molecule has 0 aliphatic heterocycles. The van der Waals surface area contributed by atoms with E-state index in [1.54, 1.807) is 13.0 Å². The molecule has 0 aliphatic rings. The lowest BCUT2D eigenvalue weighted by Crippen LogP contribution is -2.34. The van der Waals surface area contributed by atoms with E-state index < -0.39 is 10.0 Å². The summed E-state index contributed by atoms with van der Waals surface area (Å²) >= 11 is 11.5. The van der Waals surface area contributed by atoms with Crippen molar-refractivity contribution >= 4 is 50.2 Å². The van der Waals surface area contributed by atoms with Crippen molar-refractivity contribution in [3.63, 3.8) is 0 Å². The molecule has 8 heteroatoms. The van der Waals surface area contributed by atoms with Gasteiger partial charge in [-0.25, -0.2) is 8.42 Å². The number of thiophene rings is 1. The molecular formula is C8H11ClN2O2S3. The number of thiocarbonyl (C=S) groups is 1. The second-order valence-electron chi connectivity index (χ2n) is 3.25. The van der Waals surface area contributed by atoms with Crippen LogP contribution in [0.2, 0.25) is 4.34 Å². The van der Waals surface area contributed by atoms with Gasteiger partial charge in [-0.3, -0.25) is 0 Å². The van der Waals surface area contributed by atoms with Crippen LogP contribution >= 0.6 is 35.2 Å². The van der Waals surface area contributed by atoms with Crippen molar-refractivity contribution in [2.45, 2.75) is 11.1 Å². The summed E-state index contributed by atoms with van der Waals surface area (Å²) in [5.74, 6) is 0. The summed E-state index contributed by atoms with van der Waals surface area (Å²) < 4.78 is 25.8. The number of halogens is 1. The summed E-state index contributed by atoms with van der Waals surface area (Å²) in [5, 5.41) is 0. The van der Waals surface area contributed by atoms with E-state index in [9.17, 15) is 8.42 Å². The van der Waals surface area contributed by atoms with Crippen LogP contribution in [0, 0.1) is 6.92 Å². The Morgan fingerprint density at radius 3 is 2.62 bits per heavy atom. The normalized spacial score (nSPS) is 12.0. The monoisotopic (exact) mass is 298 g/mol. The third kappa shape index (κ3) is 2.92. The highest BCUT2D eigenvalue weighted by atomic mass is 35.5. The van der Waals surface area contributed by atoms with Crippen LogP contribution in [0.15, 0.2) is 10.3 Å². The molecule has 0 amide bonds. The molecule has 0 saturated carbocycles. The maximum absolute atomic E-state index is 12.0. The van der Waals surface area contributed by atoms with Crippen molar-refractivity contribution in [1.82, 2.24) is 4.31 Å². The van der Waals surface area contributed by atoms with Gasteiger partial charge in [0.25, 0.3) is 10.0 Å². The number of nitrogens with zero attached hydrogens (tertiary/aromatic N) is 1. The first-order valence-corrected chi connectivity index (χ1v) is 7.30. The second-order valence-corrected chi connectivity index (χ2v) is 7.70. The minimum Gasteiger partial charge on any atom is -0.392 e. The first kappa shape index (κ1) is 13.9. The first-order chi connectivity index (χ1) is 7.25. The van der Waals surface area contributed by atoms with Crippen molar-refractivity contribution in [1.29, 1.82) is 0 Å². The molecule has 1 aromatic rings. The minimum absolute atomic E-state index is 0.0201. The topological polar surface area (TPSA) is 63.4 Å². The van der Waals surface area contributed by atoms with Gasteiger partial charge in [0.1, 0.15) is 4.21 Å². The zero-order chi connectivity index (χ0) is 12.5. The number of aryl methyl sites for hydroxylation is 1. The maximum Gasteiger partial charge on any atom is 0.252 e. The Balaban J connectivity index is 3.06. The third-order valence-electron chi connectivity index (χ3n) is 1.88. The van der Waals surface area contributed by atoms with Gasteiger partial charge < -0.3 is 5.73 Å².